The van der Waals surface area contributed by atoms with Crippen LogP contribution in [0.4, 0.5) is 0 Å². The van der Waals surface area contributed by atoms with Crippen molar-refractivity contribution in [2.75, 3.05) is 0 Å². The Morgan fingerprint density at radius 2 is 0.520 bits per heavy atom. The van der Waals surface area contributed by atoms with Crippen LogP contribution in [0.25, 0.3) is 0 Å². The molecule has 0 heterocycles. The van der Waals surface area contributed by atoms with E-state index in [0.717, 1.165) is 0 Å². The molecule has 0 unspecified atom stereocenters. The molecule has 0 aliphatic carbocycles. The van der Waals surface area contributed by atoms with Gasteiger partial charge < -0.3 is 0 Å². The second-order valence-corrected chi connectivity index (χ2v) is 16.2. The molecule has 0 atom stereocenters. The molecular weight excluding hydrogens is 352 g/mol. The van der Waals surface area contributed by atoms with Crippen LogP contribution in [0.2, 0.25) is 0 Å². The Labute approximate surface area is 156 Å². The summed E-state index contributed by atoms with van der Waals surface area (Å²) in [7, 11) is 0. The Kier molecular flexibility index (Phi) is 6.68. The number of carbonyl (C=O) groups is 4. The van der Waals surface area contributed by atoms with Gasteiger partial charge in [-0.05, 0) is 0 Å². The number of hydrogen-bond donors (Lipinski definition) is 0. The van der Waals surface area contributed by atoms with Crippen molar-refractivity contribution in [3.05, 3.63) is 0 Å². The average Bonchev–Trinajstić information content (AvgIpc) is 2.34. The molecule has 5 heteroatoms. The van der Waals surface area contributed by atoms with Gasteiger partial charge in [0.2, 0.25) is 0 Å². The maximum atomic E-state index is 13.6. The van der Waals surface area contributed by atoms with Crippen LogP contribution in [-0.2, 0) is 35.8 Å². The van der Waals surface area contributed by atoms with Gasteiger partial charge in [-0.3, -0.25) is 0 Å². The molecule has 0 radical (unpaired) electrons. The monoisotopic (exact) mass is 388 g/mol. The van der Waals surface area contributed by atoms with E-state index in [1.807, 2.05) is 0 Å². The molecule has 0 N–H and O–H groups in total. The maximum absolute atomic E-state index is 13.6. The third kappa shape index (κ3) is 4.77. The summed E-state index contributed by atoms with van der Waals surface area (Å²) in [6.07, 6.45) is 0. The van der Waals surface area contributed by atoms with Gasteiger partial charge in [-0.2, -0.15) is 0 Å². The van der Waals surface area contributed by atoms with Crippen molar-refractivity contribution < 1.29 is 35.8 Å². The van der Waals surface area contributed by atoms with Gasteiger partial charge in [0.25, 0.3) is 0 Å². The molecule has 0 aliphatic heterocycles. The Morgan fingerprint density at radius 3 is 0.600 bits per heavy atom. The van der Waals surface area contributed by atoms with Gasteiger partial charge >= 0.3 is 157 Å². The summed E-state index contributed by atoms with van der Waals surface area (Å²) in [5, 5.41) is 0. The normalized spacial score (nSPS) is 14.2. The van der Waals surface area contributed by atoms with Gasteiger partial charge in [0.05, 0.1) is 0 Å². The van der Waals surface area contributed by atoms with Crippen molar-refractivity contribution in [2.24, 2.45) is 21.7 Å². The summed E-state index contributed by atoms with van der Waals surface area (Å²) >= 11 is -5.01. The minimum absolute atomic E-state index is 0.424. The zero-order chi connectivity index (χ0) is 20.8. The summed E-state index contributed by atoms with van der Waals surface area (Å²) in [6, 6.07) is 0. The fourth-order valence-electron chi connectivity index (χ4n) is 2.87. The summed E-state index contributed by atoms with van der Waals surface area (Å²) in [5.41, 5.74) is -3.71. The quantitative estimate of drug-likeness (QED) is 0.668. The van der Waals surface area contributed by atoms with Crippen molar-refractivity contribution >= 4 is 16.4 Å². The molecule has 0 bridgehead atoms. The number of rotatable bonds is 4. The predicted molar refractivity (Wildman–Crippen MR) is 97.8 cm³/mol. The molecule has 0 saturated carbocycles. The van der Waals surface area contributed by atoms with Crippen LogP contribution in [0.5, 0.6) is 0 Å². The minimum atomic E-state index is -5.01. The Hall–Kier alpha value is -0.606. The third-order valence-corrected chi connectivity index (χ3v) is 13.0. The molecule has 0 fully saturated rings. The topological polar surface area (TPSA) is 68.3 Å². The molecule has 0 spiro atoms. The first-order valence-electron chi connectivity index (χ1n) is 8.82. The molecule has 25 heavy (non-hydrogen) atoms. The summed E-state index contributed by atoms with van der Waals surface area (Å²) < 4.78 is -1.70. The van der Waals surface area contributed by atoms with E-state index in [4.69, 9.17) is 0 Å². The van der Waals surface area contributed by atoms with Gasteiger partial charge in [0, 0.05) is 0 Å². The van der Waals surface area contributed by atoms with Gasteiger partial charge in [0.15, 0.2) is 0 Å². The van der Waals surface area contributed by atoms with E-state index in [1.54, 1.807) is 83.1 Å². The van der Waals surface area contributed by atoms with Gasteiger partial charge in [0.1, 0.15) is 0 Å². The fraction of sp³-hybridized carbons (Fsp3) is 0.800. The van der Waals surface area contributed by atoms with Crippen LogP contribution in [0, 0.1) is 21.7 Å². The van der Waals surface area contributed by atoms with Gasteiger partial charge in [-0.25, -0.2) is 0 Å². The first-order chi connectivity index (χ1) is 10.6. The Morgan fingerprint density at radius 1 is 0.400 bits per heavy atom. The van der Waals surface area contributed by atoms with Crippen molar-refractivity contribution in [1.29, 1.82) is 0 Å². The van der Waals surface area contributed by atoms with Crippen molar-refractivity contribution in [3.8, 4) is 0 Å². The standard InChI is InChI=1S/4C5H9O.Ti/c4*1-5(2,3)4-6;/h4*1-3H3;. The predicted octanol–water partition coefficient (Wildman–Crippen LogP) is 4.43. The molecule has 0 aromatic rings. The summed E-state index contributed by atoms with van der Waals surface area (Å²) in [5.74, 6) is 0. The van der Waals surface area contributed by atoms with Crippen molar-refractivity contribution in [3.63, 3.8) is 0 Å². The molecule has 0 aromatic carbocycles. The summed E-state index contributed by atoms with van der Waals surface area (Å²) in [6.45, 7) is 20.3. The Balaban J connectivity index is 7.24. The summed E-state index contributed by atoms with van der Waals surface area (Å²) in [4.78, 5) is 54.3. The van der Waals surface area contributed by atoms with E-state index in [2.05, 4.69) is 0 Å². The van der Waals surface area contributed by atoms with Crippen molar-refractivity contribution in [1.82, 2.24) is 0 Å². The van der Waals surface area contributed by atoms with Crippen LogP contribution in [-0.4, -0.2) is 16.4 Å². The third-order valence-electron chi connectivity index (χ3n) is 4.09. The average molecular weight is 388 g/mol. The van der Waals surface area contributed by atoms with Crippen LogP contribution >= 0.6 is 0 Å². The van der Waals surface area contributed by atoms with E-state index in [0.29, 0.717) is 0 Å². The molecule has 0 aromatic heterocycles. The van der Waals surface area contributed by atoms with Gasteiger partial charge in [-0.1, -0.05) is 0 Å². The van der Waals surface area contributed by atoms with Crippen LogP contribution in [0.3, 0.4) is 0 Å². The first-order valence-corrected chi connectivity index (χ1v) is 11.9. The number of hydrogen-bond acceptors (Lipinski definition) is 4. The van der Waals surface area contributed by atoms with Crippen molar-refractivity contribution in [2.45, 2.75) is 83.1 Å². The van der Waals surface area contributed by atoms with Crippen LogP contribution < -0.4 is 0 Å². The van der Waals surface area contributed by atoms with Crippen LogP contribution in [0.1, 0.15) is 83.1 Å². The SMILES string of the molecule is CC(C)(C)[C](=O)[Ti]([C](=O)C(C)(C)C)([C](=O)C(C)(C)C)[C](=O)C(C)(C)C. The second-order valence-electron chi connectivity index (χ2n) is 11.1. The molecular formula is C20H36O4Ti. The molecule has 0 saturated heterocycles. The molecule has 0 amide bonds. The van der Waals surface area contributed by atoms with Crippen LogP contribution in [0.15, 0.2) is 0 Å². The van der Waals surface area contributed by atoms with E-state index < -0.39 is 54.6 Å². The van der Waals surface area contributed by atoms with E-state index in [9.17, 15) is 19.2 Å². The number of carbonyl (C=O) groups excluding carboxylic acids is 4. The molecule has 0 rings (SSSR count). The van der Waals surface area contributed by atoms with E-state index in [1.165, 1.54) is 0 Å². The molecule has 144 valence electrons. The van der Waals surface area contributed by atoms with Gasteiger partial charge in [-0.15, -0.1) is 0 Å². The molecule has 4 nitrogen and oxygen atoms in total. The second kappa shape index (κ2) is 6.85. The Bertz CT molecular complexity index is 478. The van der Waals surface area contributed by atoms with E-state index >= 15 is 0 Å². The first kappa shape index (κ1) is 24.4. The zero-order valence-corrected chi connectivity index (χ0v) is 19.7. The zero-order valence-electron chi connectivity index (χ0n) is 18.1. The molecule has 0 aliphatic rings. The van der Waals surface area contributed by atoms with E-state index in [-0.39, 0.29) is 0 Å². The fourth-order valence-corrected chi connectivity index (χ4v) is 11.8.